The van der Waals surface area contributed by atoms with E-state index < -0.39 is 10.0 Å². The van der Waals surface area contributed by atoms with Crippen LogP contribution in [0.5, 0.6) is 0 Å². The second-order valence-electron chi connectivity index (χ2n) is 8.44. The molecule has 8 heteroatoms. The van der Waals surface area contributed by atoms with Crippen molar-refractivity contribution in [3.63, 3.8) is 0 Å². The zero-order valence-electron chi connectivity index (χ0n) is 17.6. The molecule has 2 atom stereocenters. The Morgan fingerprint density at radius 3 is 2.38 bits per heavy atom. The Kier molecular flexibility index (Phi) is 7.19. The number of likely N-dealkylation sites (tertiary alicyclic amines) is 1. The molecule has 3 rings (SSSR count). The van der Waals surface area contributed by atoms with Crippen LogP contribution in [0.4, 0.5) is 4.79 Å². The molecule has 1 saturated heterocycles. The fraction of sp³-hybridized carbons (Fsp3) is 0.667. The van der Waals surface area contributed by atoms with Gasteiger partial charge in [0.2, 0.25) is 10.0 Å². The molecule has 2 aliphatic rings. The minimum atomic E-state index is -3.35. The number of rotatable bonds is 6. The molecule has 1 saturated carbocycles. The van der Waals surface area contributed by atoms with Crippen LogP contribution in [-0.2, 0) is 14.8 Å². The molecule has 1 aromatic rings. The highest BCUT2D eigenvalue weighted by atomic mass is 32.2. The maximum absolute atomic E-state index is 12.5. The van der Waals surface area contributed by atoms with Gasteiger partial charge < -0.3 is 14.5 Å². The van der Waals surface area contributed by atoms with Crippen molar-refractivity contribution in [3.8, 4) is 0 Å². The molecule has 0 radical (unpaired) electrons. The summed E-state index contributed by atoms with van der Waals surface area (Å²) in [7, 11) is 0.0734. The molecule has 2 amide bonds. The van der Waals surface area contributed by atoms with Crippen molar-refractivity contribution in [2.45, 2.75) is 56.2 Å². The van der Waals surface area contributed by atoms with E-state index in [-0.39, 0.29) is 24.2 Å². The van der Waals surface area contributed by atoms with E-state index >= 15 is 0 Å². The summed E-state index contributed by atoms with van der Waals surface area (Å²) in [5.74, 6) is 0.578. The van der Waals surface area contributed by atoms with E-state index in [1.807, 2.05) is 6.07 Å². The Bertz CT molecular complexity index is 776. The molecule has 29 heavy (non-hydrogen) atoms. The van der Waals surface area contributed by atoms with Gasteiger partial charge in [0.05, 0.1) is 25.0 Å². The lowest BCUT2D eigenvalue weighted by Crippen LogP contribution is -2.51. The second kappa shape index (κ2) is 9.45. The van der Waals surface area contributed by atoms with Crippen LogP contribution in [-0.4, -0.2) is 75.9 Å². The largest absolute Gasteiger partial charge is 0.376 e. The summed E-state index contributed by atoms with van der Waals surface area (Å²) >= 11 is 0. The Balaban J connectivity index is 1.58. The first-order chi connectivity index (χ1) is 13.7. The molecule has 0 bridgehead atoms. The summed E-state index contributed by atoms with van der Waals surface area (Å²) in [6, 6.07) is 9.89. The van der Waals surface area contributed by atoms with Crippen molar-refractivity contribution >= 4 is 16.1 Å². The SMILES string of the molecule is CN(C)C(=O)N1CCC(NS(C)(=O)=O)C1CO[C@H]1CC[C@@H](c2ccccc2)CC1. The fourth-order valence-electron chi connectivity index (χ4n) is 4.49. The number of benzene rings is 1. The average molecular weight is 424 g/mol. The molecule has 1 aliphatic heterocycles. The van der Waals surface area contributed by atoms with Gasteiger partial charge >= 0.3 is 6.03 Å². The van der Waals surface area contributed by atoms with Crippen molar-refractivity contribution in [1.82, 2.24) is 14.5 Å². The fourth-order valence-corrected chi connectivity index (χ4v) is 5.31. The first-order valence-corrected chi connectivity index (χ1v) is 12.3. The summed E-state index contributed by atoms with van der Waals surface area (Å²) in [5.41, 5.74) is 1.39. The number of carbonyl (C=O) groups excluding carboxylic acids is 1. The highest BCUT2D eigenvalue weighted by Crippen LogP contribution is 2.34. The quantitative estimate of drug-likeness (QED) is 0.762. The van der Waals surface area contributed by atoms with Crippen LogP contribution in [0, 0.1) is 0 Å². The van der Waals surface area contributed by atoms with E-state index in [2.05, 4.69) is 29.0 Å². The number of nitrogens with one attached hydrogen (secondary N) is 1. The van der Waals surface area contributed by atoms with Gasteiger partial charge in [-0.2, -0.15) is 0 Å². The van der Waals surface area contributed by atoms with Crippen molar-refractivity contribution in [2.24, 2.45) is 0 Å². The molecule has 1 aliphatic carbocycles. The number of sulfonamides is 1. The number of amides is 2. The van der Waals surface area contributed by atoms with E-state index in [1.165, 1.54) is 10.5 Å². The molecule has 1 aromatic carbocycles. The topological polar surface area (TPSA) is 79.0 Å². The number of hydrogen-bond acceptors (Lipinski definition) is 4. The second-order valence-corrected chi connectivity index (χ2v) is 10.2. The molecule has 1 heterocycles. The van der Waals surface area contributed by atoms with Crippen LogP contribution < -0.4 is 4.72 Å². The van der Waals surface area contributed by atoms with E-state index in [4.69, 9.17) is 4.74 Å². The van der Waals surface area contributed by atoms with Crippen LogP contribution in [0.1, 0.15) is 43.6 Å². The minimum absolute atomic E-state index is 0.107. The van der Waals surface area contributed by atoms with Gasteiger partial charge in [0.25, 0.3) is 0 Å². The van der Waals surface area contributed by atoms with Gasteiger partial charge in [-0.3, -0.25) is 0 Å². The smallest absolute Gasteiger partial charge is 0.319 e. The predicted octanol–water partition coefficient (Wildman–Crippen LogP) is 2.40. The van der Waals surface area contributed by atoms with E-state index in [0.29, 0.717) is 25.5 Å². The van der Waals surface area contributed by atoms with Crippen LogP contribution in [0.3, 0.4) is 0 Å². The van der Waals surface area contributed by atoms with Gasteiger partial charge in [-0.05, 0) is 43.6 Å². The van der Waals surface area contributed by atoms with Crippen molar-refractivity contribution in [1.29, 1.82) is 0 Å². The first kappa shape index (κ1) is 22.1. The number of ether oxygens (including phenoxy) is 1. The Hall–Kier alpha value is -1.64. The Morgan fingerprint density at radius 2 is 1.79 bits per heavy atom. The highest BCUT2D eigenvalue weighted by Gasteiger charge is 2.39. The van der Waals surface area contributed by atoms with Crippen molar-refractivity contribution in [3.05, 3.63) is 35.9 Å². The molecular weight excluding hydrogens is 390 g/mol. The average Bonchev–Trinajstić information content (AvgIpc) is 3.07. The number of urea groups is 1. The normalized spacial score (nSPS) is 27.8. The van der Waals surface area contributed by atoms with Crippen molar-refractivity contribution in [2.75, 3.05) is 33.5 Å². The maximum Gasteiger partial charge on any atom is 0.319 e. The predicted molar refractivity (Wildman–Crippen MR) is 113 cm³/mol. The first-order valence-electron chi connectivity index (χ1n) is 10.4. The molecule has 1 N–H and O–H groups in total. The summed E-state index contributed by atoms with van der Waals surface area (Å²) in [6.07, 6.45) is 6.06. The number of carbonyl (C=O) groups is 1. The summed E-state index contributed by atoms with van der Waals surface area (Å²) < 4.78 is 32.4. The highest BCUT2D eigenvalue weighted by molar-refractivity contribution is 7.88. The van der Waals surface area contributed by atoms with E-state index in [1.54, 1.807) is 19.0 Å². The van der Waals surface area contributed by atoms with E-state index in [0.717, 1.165) is 31.9 Å². The van der Waals surface area contributed by atoms with Gasteiger partial charge in [-0.15, -0.1) is 0 Å². The lowest BCUT2D eigenvalue weighted by Gasteiger charge is -2.33. The summed E-state index contributed by atoms with van der Waals surface area (Å²) in [4.78, 5) is 15.8. The molecule has 162 valence electrons. The Labute approximate surface area is 174 Å². The van der Waals surface area contributed by atoms with Gasteiger partial charge in [-0.25, -0.2) is 17.9 Å². The van der Waals surface area contributed by atoms with Gasteiger partial charge in [0.15, 0.2) is 0 Å². The van der Waals surface area contributed by atoms with Gasteiger partial charge in [0, 0.05) is 26.7 Å². The van der Waals surface area contributed by atoms with Crippen LogP contribution in [0.15, 0.2) is 30.3 Å². The zero-order chi connectivity index (χ0) is 21.0. The van der Waals surface area contributed by atoms with Crippen LogP contribution in [0.25, 0.3) is 0 Å². The van der Waals surface area contributed by atoms with E-state index in [9.17, 15) is 13.2 Å². The zero-order valence-corrected chi connectivity index (χ0v) is 18.4. The summed E-state index contributed by atoms with van der Waals surface area (Å²) in [6.45, 7) is 0.881. The van der Waals surface area contributed by atoms with Crippen LogP contribution in [0.2, 0.25) is 0 Å². The maximum atomic E-state index is 12.5. The lowest BCUT2D eigenvalue weighted by atomic mass is 9.83. The van der Waals surface area contributed by atoms with Crippen LogP contribution >= 0.6 is 0 Å². The third-order valence-corrected chi connectivity index (χ3v) is 6.72. The number of nitrogens with zero attached hydrogens (tertiary/aromatic N) is 2. The molecule has 2 unspecified atom stereocenters. The summed E-state index contributed by atoms with van der Waals surface area (Å²) in [5, 5.41) is 0. The molecule has 0 aromatic heterocycles. The standard InChI is InChI=1S/C21H33N3O4S/c1-23(2)21(25)24-14-13-19(22-29(3,26)27)20(24)15-28-18-11-9-17(10-12-18)16-7-5-4-6-8-16/h4-8,17-20,22H,9-15H2,1-3H3/t17-,18+,19?,20?. The van der Waals surface area contributed by atoms with Crippen molar-refractivity contribution < 1.29 is 17.9 Å². The third kappa shape index (κ3) is 5.93. The van der Waals surface area contributed by atoms with Gasteiger partial charge in [0.1, 0.15) is 0 Å². The molecule has 2 fully saturated rings. The lowest BCUT2D eigenvalue weighted by molar-refractivity contribution is -0.00207. The van der Waals surface area contributed by atoms with Gasteiger partial charge in [-0.1, -0.05) is 30.3 Å². The monoisotopic (exact) mass is 423 g/mol. The Morgan fingerprint density at radius 1 is 1.14 bits per heavy atom. The molecular formula is C21H33N3O4S. The number of hydrogen-bond donors (Lipinski definition) is 1. The minimum Gasteiger partial charge on any atom is -0.376 e. The third-order valence-electron chi connectivity index (χ3n) is 5.99. The molecule has 0 spiro atoms. The molecule has 7 nitrogen and oxygen atoms in total.